The molecular weight excluding hydrogens is 1240 g/mol. The molecule has 19 rings (SSSR count). The molecule has 0 spiro atoms. The second-order valence-corrected chi connectivity index (χ2v) is 30.9. The van der Waals surface area contributed by atoms with Crippen LogP contribution in [-0.2, 0) is 16.2 Å². The van der Waals surface area contributed by atoms with Crippen LogP contribution in [-0.4, -0.2) is 4.57 Å². The first-order chi connectivity index (χ1) is 52.8. The standard InChI is InChI=1S/C98H78N2O2/c1-96(2,3)65-50-64(51-66(53-65)97(4,5)6)63-46-48-73-77(52-63)90-74-49-47-68(99-81-42-26-22-38-69(81)70-39-23-27-43-82(70)99)56-83(74)100(93-76(60-32-16-11-17-33-60)58-79-72-41-25-29-45-86(72)102-95(79)88(93)62-36-20-13-21-37-62)84-55-67(98(7,8)9)54-80(91(84)90)89(73)92-75(59-30-14-10-15-31-59)57-78-71-40-24-28-44-85(71)101-94(78)87(92)61-34-18-12-19-35-61/h10-58,89-90H,1-9H3/i22D,23D,26D,27D,38D,39D,42D,43D. The van der Waals surface area contributed by atoms with Crippen molar-refractivity contribution in [3.8, 4) is 61.3 Å². The van der Waals surface area contributed by atoms with E-state index in [1.807, 2.05) is 36.4 Å². The van der Waals surface area contributed by atoms with Gasteiger partial charge in [0.1, 0.15) is 22.3 Å². The first-order valence-corrected chi connectivity index (χ1v) is 35.5. The monoisotopic (exact) mass is 1320 g/mol. The van der Waals surface area contributed by atoms with Gasteiger partial charge < -0.3 is 18.3 Å². The van der Waals surface area contributed by atoms with Gasteiger partial charge in [0.2, 0.25) is 0 Å². The fourth-order valence-corrected chi connectivity index (χ4v) is 16.6. The average Bonchev–Trinajstić information content (AvgIpc) is 0.951. The van der Waals surface area contributed by atoms with Gasteiger partial charge in [0.15, 0.2) is 0 Å². The number of anilines is 3. The molecule has 4 heteroatoms. The van der Waals surface area contributed by atoms with E-state index in [4.69, 9.17) is 11.6 Å². The molecule has 2 unspecified atom stereocenters. The van der Waals surface area contributed by atoms with E-state index < -0.39 is 53.5 Å². The van der Waals surface area contributed by atoms with Crippen LogP contribution in [0.1, 0.15) is 135 Å². The topological polar surface area (TPSA) is 34.5 Å². The lowest BCUT2D eigenvalue weighted by atomic mass is 9.63. The van der Waals surface area contributed by atoms with Gasteiger partial charge in [0, 0.05) is 66.5 Å². The number of hydrogen-bond donors (Lipinski definition) is 0. The van der Waals surface area contributed by atoms with Crippen molar-refractivity contribution < 1.29 is 19.8 Å². The zero-order valence-electron chi connectivity index (χ0n) is 66.5. The molecule has 0 N–H and O–H groups in total. The van der Waals surface area contributed by atoms with E-state index in [1.165, 1.54) is 11.1 Å². The second-order valence-electron chi connectivity index (χ2n) is 30.9. The van der Waals surface area contributed by atoms with Crippen molar-refractivity contribution in [1.82, 2.24) is 4.57 Å². The molecule has 0 bridgehead atoms. The van der Waals surface area contributed by atoms with Crippen molar-refractivity contribution >= 4 is 82.7 Å². The summed E-state index contributed by atoms with van der Waals surface area (Å²) in [5.41, 5.74) is 24.8. The summed E-state index contributed by atoms with van der Waals surface area (Å²) >= 11 is 0. The summed E-state index contributed by atoms with van der Waals surface area (Å²) in [4.78, 5) is 2.45. The summed E-state index contributed by atoms with van der Waals surface area (Å²) in [6.45, 7) is 20.6. The number of furan rings is 2. The van der Waals surface area contributed by atoms with E-state index in [0.717, 1.165) is 150 Å². The highest BCUT2D eigenvalue weighted by molar-refractivity contribution is 6.18. The molecule has 14 aromatic carbocycles. The van der Waals surface area contributed by atoms with Gasteiger partial charge in [-0.2, -0.15) is 0 Å². The van der Waals surface area contributed by atoms with Crippen molar-refractivity contribution in [3.05, 3.63) is 347 Å². The highest BCUT2D eigenvalue weighted by Gasteiger charge is 2.46. The van der Waals surface area contributed by atoms with Crippen molar-refractivity contribution in [2.24, 2.45) is 0 Å². The summed E-state index contributed by atoms with van der Waals surface area (Å²) in [5.74, 6) is -1.02. The summed E-state index contributed by atoms with van der Waals surface area (Å²) in [7, 11) is 0. The molecule has 1 aliphatic heterocycles. The van der Waals surface area contributed by atoms with Crippen LogP contribution >= 0.6 is 0 Å². The Kier molecular flexibility index (Phi) is 12.0. The first-order valence-electron chi connectivity index (χ1n) is 39.5. The largest absolute Gasteiger partial charge is 0.455 e. The van der Waals surface area contributed by atoms with E-state index in [9.17, 15) is 8.22 Å². The number of benzene rings is 14. The Morgan fingerprint density at radius 1 is 0.324 bits per heavy atom. The van der Waals surface area contributed by atoms with Gasteiger partial charge >= 0.3 is 0 Å². The molecule has 0 saturated carbocycles. The summed E-state index contributed by atoms with van der Waals surface area (Å²) < 4.78 is 92.4. The molecule has 102 heavy (non-hydrogen) atoms. The predicted octanol–water partition coefficient (Wildman–Crippen LogP) is 27.3. The molecule has 1 aliphatic carbocycles. The summed E-state index contributed by atoms with van der Waals surface area (Å²) in [6, 6.07) is 85.9. The Bertz CT molecular complexity index is 6640. The highest BCUT2D eigenvalue weighted by Crippen LogP contribution is 2.64. The van der Waals surface area contributed by atoms with Gasteiger partial charge in [-0.3, -0.25) is 0 Å². The zero-order chi connectivity index (χ0) is 76.0. The van der Waals surface area contributed by atoms with E-state index in [-0.39, 0.29) is 44.7 Å². The SMILES string of the molecule is [2H]c1c([2H])c([2H])c2c(c1[2H])c1c([2H])c([2H])c([2H])c([2H])c1n2-c1ccc2c(c1)N(c1c(-c3ccccc3)cc3c(oc4ccccc43)c1-c1ccccc1)c1cc(C(C)(C)C)cc3c1C2c1cc(-c2cc(C(C)(C)C)cc(C(C)(C)C)c2)ccc1C3c1c(-c2ccccc2)cc2c(oc3ccccc32)c1-c1ccccc1. The number of hydrogen-bond acceptors (Lipinski definition) is 3. The number of fused-ring (bicyclic) bond motifs is 13. The molecule has 4 nitrogen and oxygen atoms in total. The van der Waals surface area contributed by atoms with Crippen LogP contribution in [0.4, 0.5) is 17.1 Å². The van der Waals surface area contributed by atoms with E-state index in [2.05, 4.69) is 280 Å². The maximum absolute atomic E-state index is 9.91. The minimum Gasteiger partial charge on any atom is -0.455 e. The molecule has 0 amide bonds. The van der Waals surface area contributed by atoms with Crippen molar-refractivity contribution in [1.29, 1.82) is 0 Å². The van der Waals surface area contributed by atoms with Crippen LogP contribution in [0.15, 0.2) is 306 Å². The van der Waals surface area contributed by atoms with Gasteiger partial charge in [-0.1, -0.05) is 299 Å². The lowest BCUT2D eigenvalue weighted by Gasteiger charge is -2.46. The van der Waals surface area contributed by atoms with Crippen LogP contribution in [0, 0.1) is 0 Å². The van der Waals surface area contributed by atoms with Crippen LogP contribution in [0.3, 0.4) is 0 Å². The minimum atomic E-state index is -0.522. The molecule has 3 aromatic heterocycles. The number of aromatic nitrogens is 1. The smallest absolute Gasteiger partial charge is 0.145 e. The van der Waals surface area contributed by atoms with Gasteiger partial charge in [-0.15, -0.1) is 0 Å². The van der Waals surface area contributed by atoms with Gasteiger partial charge in [-0.25, -0.2) is 0 Å². The molecule has 2 atom stereocenters. The highest BCUT2D eigenvalue weighted by atomic mass is 16.3. The molecule has 2 aliphatic rings. The molecule has 0 saturated heterocycles. The number of nitrogens with zero attached hydrogens (tertiary/aromatic N) is 2. The van der Waals surface area contributed by atoms with Crippen molar-refractivity contribution in [2.45, 2.75) is 90.4 Å². The van der Waals surface area contributed by atoms with Crippen LogP contribution < -0.4 is 4.90 Å². The fourth-order valence-electron chi connectivity index (χ4n) is 16.6. The van der Waals surface area contributed by atoms with Crippen LogP contribution in [0.25, 0.3) is 127 Å². The average molecular weight is 1320 g/mol. The third-order valence-electron chi connectivity index (χ3n) is 21.6. The summed E-state index contributed by atoms with van der Waals surface area (Å²) in [6.07, 6.45) is 0. The Morgan fingerprint density at radius 3 is 1.36 bits per heavy atom. The Balaban J connectivity index is 1.04. The maximum Gasteiger partial charge on any atom is 0.145 e. The normalized spacial score (nSPS) is 15.6. The number of rotatable bonds is 8. The van der Waals surface area contributed by atoms with Gasteiger partial charge in [-0.05, 0) is 166 Å². The van der Waals surface area contributed by atoms with Crippen molar-refractivity contribution in [2.75, 3.05) is 4.90 Å². The van der Waals surface area contributed by atoms with E-state index in [1.54, 1.807) is 4.57 Å². The molecule has 0 radical (unpaired) electrons. The Hall–Kier alpha value is -11.7. The predicted molar refractivity (Wildman–Crippen MR) is 428 cm³/mol. The zero-order valence-corrected chi connectivity index (χ0v) is 58.5. The number of para-hydroxylation sites is 4. The van der Waals surface area contributed by atoms with Gasteiger partial charge in [0.25, 0.3) is 0 Å². The quantitative estimate of drug-likeness (QED) is 0.152. The molecule has 492 valence electrons. The van der Waals surface area contributed by atoms with Crippen molar-refractivity contribution in [3.63, 3.8) is 0 Å². The minimum absolute atomic E-state index is 0.000884. The van der Waals surface area contributed by atoms with E-state index in [0.29, 0.717) is 11.3 Å². The fraction of sp³-hybridized carbons (Fsp3) is 0.143. The molecule has 0 fully saturated rings. The first kappa shape index (κ1) is 53.2. The lowest BCUT2D eigenvalue weighted by Crippen LogP contribution is -2.30. The van der Waals surface area contributed by atoms with Crippen LogP contribution in [0.5, 0.6) is 0 Å². The molecule has 4 heterocycles. The second kappa shape index (κ2) is 22.9. The Morgan fingerprint density at radius 2 is 0.794 bits per heavy atom. The molecule has 17 aromatic rings. The van der Waals surface area contributed by atoms with E-state index >= 15 is 0 Å². The third-order valence-corrected chi connectivity index (χ3v) is 21.6. The van der Waals surface area contributed by atoms with Gasteiger partial charge in [0.05, 0.1) is 39.1 Å². The molecular formula is C98H78N2O2. The van der Waals surface area contributed by atoms with Crippen LogP contribution in [0.2, 0.25) is 0 Å². The Labute approximate surface area is 607 Å². The lowest BCUT2D eigenvalue weighted by molar-refractivity contribution is 0.569. The summed E-state index contributed by atoms with van der Waals surface area (Å²) in [5, 5.41) is 3.93. The maximum atomic E-state index is 9.91. The third kappa shape index (κ3) is 9.63.